The molecule has 0 radical (unpaired) electrons. The van der Waals surface area contributed by atoms with Gasteiger partial charge in [0.15, 0.2) is 5.11 Å². The highest BCUT2D eigenvalue weighted by Crippen LogP contribution is 2.29. The van der Waals surface area contributed by atoms with Gasteiger partial charge in [-0.1, -0.05) is 23.7 Å². The standard InChI is InChI=1S/C26H35ClN4O6S/c1-7-35-23(33)21-22(16(3)12-29-21)31(24(38)30-25(34)36-8-2)15-17-9-10-19(27)18(11-17)13-28-14-20(32)37-26(4,5)6/h9-12,28-29H,7-8,13-15H2,1-6H3,(H,30,34,38). The number of carbonyl (C=O) groups excluding carboxylic acids is 3. The molecule has 0 aliphatic rings. The molecule has 0 saturated heterocycles. The SMILES string of the molecule is CCOC(=O)NC(=S)N(Cc1ccc(Cl)c(CNCC(=O)OC(C)(C)C)c1)c1c(C)c[nH]c1C(=O)OCC. The molecule has 2 rings (SSSR count). The smallest absolute Gasteiger partial charge is 0.413 e. The van der Waals surface area contributed by atoms with Crippen LogP contribution >= 0.6 is 23.8 Å². The molecule has 38 heavy (non-hydrogen) atoms. The van der Waals surface area contributed by atoms with Crippen LogP contribution in [-0.4, -0.2) is 53.5 Å². The number of carbonyl (C=O) groups is 3. The lowest BCUT2D eigenvalue weighted by Gasteiger charge is -2.26. The Morgan fingerprint density at radius 3 is 2.45 bits per heavy atom. The summed E-state index contributed by atoms with van der Waals surface area (Å²) >= 11 is 12.0. The monoisotopic (exact) mass is 566 g/mol. The van der Waals surface area contributed by atoms with E-state index in [9.17, 15) is 14.4 Å². The first kappa shape index (κ1) is 31.1. The highest BCUT2D eigenvalue weighted by molar-refractivity contribution is 7.80. The molecule has 1 heterocycles. The van der Waals surface area contributed by atoms with Crippen LogP contribution in [0.5, 0.6) is 0 Å². The number of aromatic nitrogens is 1. The molecule has 0 bridgehead atoms. The molecule has 2 aromatic rings. The van der Waals surface area contributed by atoms with E-state index in [-0.39, 0.29) is 43.1 Å². The van der Waals surface area contributed by atoms with E-state index in [0.29, 0.717) is 22.8 Å². The van der Waals surface area contributed by atoms with Gasteiger partial charge in [-0.2, -0.15) is 0 Å². The maximum absolute atomic E-state index is 12.6. The molecular weight excluding hydrogens is 532 g/mol. The molecule has 1 amide bonds. The topological polar surface area (TPSA) is 122 Å². The minimum Gasteiger partial charge on any atom is -0.461 e. The fourth-order valence-corrected chi connectivity index (χ4v) is 3.94. The van der Waals surface area contributed by atoms with Gasteiger partial charge in [-0.15, -0.1) is 0 Å². The maximum Gasteiger partial charge on any atom is 0.413 e. The number of aryl methyl sites for hydroxylation is 1. The van der Waals surface area contributed by atoms with E-state index in [1.807, 2.05) is 19.1 Å². The first-order valence-electron chi connectivity index (χ1n) is 12.2. The minimum absolute atomic E-state index is 0.0168. The Labute approximate surface area is 233 Å². The lowest BCUT2D eigenvalue weighted by molar-refractivity contribution is -0.153. The molecule has 208 valence electrons. The van der Waals surface area contributed by atoms with E-state index >= 15 is 0 Å². The van der Waals surface area contributed by atoms with Crippen LogP contribution in [0.2, 0.25) is 5.02 Å². The van der Waals surface area contributed by atoms with Gasteiger partial charge in [0.1, 0.15) is 11.3 Å². The van der Waals surface area contributed by atoms with E-state index in [1.54, 1.807) is 51.8 Å². The summed E-state index contributed by atoms with van der Waals surface area (Å²) in [6, 6.07) is 5.40. The summed E-state index contributed by atoms with van der Waals surface area (Å²) in [6.45, 7) is 11.5. The Morgan fingerprint density at radius 1 is 1.13 bits per heavy atom. The van der Waals surface area contributed by atoms with Crippen molar-refractivity contribution in [2.24, 2.45) is 0 Å². The fourth-order valence-electron chi connectivity index (χ4n) is 3.52. The van der Waals surface area contributed by atoms with Crippen molar-refractivity contribution in [3.63, 3.8) is 0 Å². The van der Waals surface area contributed by atoms with Gasteiger partial charge in [0.05, 0.1) is 32.0 Å². The third kappa shape index (κ3) is 9.30. The molecule has 3 N–H and O–H groups in total. The summed E-state index contributed by atoms with van der Waals surface area (Å²) in [7, 11) is 0. The average molecular weight is 567 g/mol. The number of amides is 1. The first-order chi connectivity index (χ1) is 17.9. The van der Waals surface area contributed by atoms with Gasteiger partial charge in [-0.25, -0.2) is 9.59 Å². The molecule has 0 fully saturated rings. The van der Waals surface area contributed by atoms with Gasteiger partial charge in [0, 0.05) is 17.8 Å². The number of hydrogen-bond donors (Lipinski definition) is 3. The van der Waals surface area contributed by atoms with Gasteiger partial charge < -0.3 is 29.4 Å². The second-order valence-corrected chi connectivity index (χ2v) is 10.1. The number of esters is 2. The van der Waals surface area contributed by atoms with E-state index in [4.69, 9.17) is 38.0 Å². The first-order valence-corrected chi connectivity index (χ1v) is 12.9. The van der Waals surface area contributed by atoms with Crippen molar-refractivity contribution in [3.05, 3.63) is 51.8 Å². The lowest BCUT2D eigenvalue weighted by atomic mass is 10.1. The van der Waals surface area contributed by atoms with Crippen LogP contribution in [-0.2, 0) is 32.1 Å². The van der Waals surface area contributed by atoms with E-state index < -0.39 is 17.7 Å². The van der Waals surface area contributed by atoms with E-state index in [1.165, 1.54) is 0 Å². The Balaban J connectivity index is 2.32. The highest BCUT2D eigenvalue weighted by Gasteiger charge is 2.26. The van der Waals surface area contributed by atoms with E-state index in [2.05, 4.69) is 15.6 Å². The zero-order valence-corrected chi connectivity index (χ0v) is 24.1. The second-order valence-electron chi connectivity index (χ2n) is 9.27. The van der Waals surface area contributed by atoms with Crippen LogP contribution in [0, 0.1) is 6.92 Å². The molecule has 0 atom stereocenters. The number of H-pyrrole nitrogens is 1. The number of alkyl carbamates (subject to hydrolysis) is 1. The number of rotatable bonds is 10. The number of benzene rings is 1. The molecule has 0 aliphatic heterocycles. The van der Waals surface area contributed by atoms with Crippen molar-refractivity contribution in [3.8, 4) is 0 Å². The summed E-state index contributed by atoms with van der Waals surface area (Å²) < 4.78 is 15.5. The van der Waals surface area contributed by atoms with Gasteiger partial charge in [-0.05, 0) is 76.5 Å². The third-order valence-electron chi connectivity index (χ3n) is 4.98. The summed E-state index contributed by atoms with van der Waals surface area (Å²) in [5.41, 5.74) is 2.33. The number of anilines is 1. The highest BCUT2D eigenvalue weighted by atomic mass is 35.5. The van der Waals surface area contributed by atoms with Crippen LogP contribution in [0.1, 0.15) is 61.8 Å². The maximum atomic E-state index is 12.6. The number of aromatic amines is 1. The predicted molar refractivity (Wildman–Crippen MR) is 149 cm³/mol. The van der Waals surface area contributed by atoms with Gasteiger partial charge in [-0.3, -0.25) is 10.1 Å². The Kier molecular flexibility index (Phi) is 11.6. The van der Waals surface area contributed by atoms with Gasteiger partial charge in [0.25, 0.3) is 0 Å². The van der Waals surface area contributed by atoms with Crippen LogP contribution < -0.4 is 15.5 Å². The molecule has 0 aliphatic carbocycles. The summed E-state index contributed by atoms with van der Waals surface area (Å²) in [5.74, 6) is -0.927. The number of ether oxygens (including phenoxy) is 3. The summed E-state index contributed by atoms with van der Waals surface area (Å²) in [6.07, 6.45) is 0.951. The number of hydrogen-bond acceptors (Lipinski definition) is 8. The molecule has 1 aromatic heterocycles. The second kappa shape index (κ2) is 14.1. The zero-order valence-electron chi connectivity index (χ0n) is 22.5. The molecular formula is C26H35ClN4O6S. The van der Waals surface area contributed by atoms with Crippen LogP contribution in [0.15, 0.2) is 24.4 Å². The lowest BCUT2D eigenvalue weighted by Crippen LogP contribution is -2.43. The minimum atomic E-state index is -0.712. The molecule has 0 saturated carbocycles. The van der Waals surface area contributed by atoms with E-state index in [0.717, 1.165) is 11.1 Å². The zero-order chi connectivity index (χ0) is 28.5. The van der Waals surface area contributed by atoms with Crippen LogP contribution in [0.3, 0.4) is 0 Å². The quantitative estimate of drug-likeness (QED) is 0.215. The Hall–Kier alpha value is -3.15. The molecule has 0 spiro atoms. The summed E-state index contributed by atoms with van der Waals surface area (Å²) in [4.78, 5) is 41.4. The molecule has 0 unspecified atom stereocenters. The van der Waals surface area contributed by atoms with Crippen molar-refractivity contribution >= 4 is 52.7 Å². The van der Waals surface area contributed by atoms with Crippen LogP contribution in [0.25, 0.3) is 0 Å². The molecule has 12 heteroatoms. The van der Waals surface area contributed by atoms with Crippen LogP contribution in [0.4, 0.5) is 10.5 Å². The third-order valence-corrected chi connectivity index (χ3v) is 5.67. The average Bonchev–Trinajstić information content (AvgIpc) is 3.19. The fraction of sp³-hybridized carbons (Fsp3) is 0.462. The van der Waals surface area contributed by atoms with Crippen molar-refractivity contribution in [2.75, 3.05) is 24.7 Å². The predicted octanol–water partition coefficient (Wildman–Crippen LogP) is 4.62. The largest absolute Gasteiger partial charge is 0.461 e. The molecule has 10 nitrogen and oxygen atoms in total. The number of nitrogens with zero attached hydrogens (tertiary/aromatic N) is 1. The van der Waals surface area contributed by atoms with Crippen molar-refractivity contribution < 1.29 is 28.6 Å². The van der Waals surface area contributed by atoms with Gasteiger partial charge >= 0.3 is 18.0 Å². The Bertz CT molecular complexity index is 1160. The summed E-state index contributed by atoms with van der Waals surface area (Å²) in [5, 5.41) is 6.14. The van der Waals surface area contributed by atoms with Crippen molar-refractivity contribution in [2.45, 2.75) is 60.2 Å². The van der Waals surface area contributed by atoms with Gasteiger partial charge in [0.2, 0.25) is 0 Å². The number of thiocarbonyl (C=S) groups is 1. The number of halogens is 1. The van der Waals surface area contributed by atoms with Crippen molar-refractivity contribution in [1.29, 1.82) is 0 Å². The van der Waals surface area contributed by atoms with Crippen molar-refractivity contribution in [1.82, 2.24) is 15.6 Å². The number of nitrogens with one attached hydrogen (secondary N) is 3. The molecule has 1 aromatic carbocycles. The normalized spacial score (nSPS) is 11.0. The Morgan fingerprint density at radius 2 is 1.82 bits per heavy atom.